The summed E-state index contributed by atoms with van der Waals surface area (Å²) in [7, 11) is 0. The first-order chi connectivity index (χ1) is 40.1. The monoisotopic (exact) mass is 1440 g/mol. The summed E-state index contributed by atoms with van der Waals surface area (Å²) in [6.07, 6.45) is 16.0. The molecule has 11 fully saturated rings. The fourth-order valence-corrected chi connectivity index (χ4v) is 15.2. The van der Waals surface area contributed by atoms with E-state index in [0.717, 1.165) is 103 Å². The number of furan rings is 4. The highest BCUT2D eigenvalue weighted by atomic mass is 79.9. The standard InChI is InChI=1S/C17H17Cl2N3O2.C17H18ClN3O2.C9H15N3O.C8H3BrCl2O.C8H4BrClO.2ClH/c18-12-5-11-13(19)8-23-15(11)6-14(12)20-16-7-17(24-21-16)9-22-3-1-10(17)2-4-22;18-14-9-22-15-7-12(1-2-13(14)15)19-16-8-17(23-20-16)10-21-5-3-11(17)4-6-21;10-8-5-9(13-11-8)6-12-3-1-7(9)2-4-12;9-5-2-8-4(1-6(5)10)7(11)3-12-8;9-5-1-2-6-7(10)4-11-8(6)3-5;;/h5-6,8,10H,1-4,7,9H2,(H,20,21);1-2,7,9,11H,3-6,8,10H2,(H,19,20);7H,1-6H2,(H2,10,11);1-3H;1-4H;2*1H/t2*17-;9-;;;;/m000..../s1. The molecule has 0 unspecified atom stereocenters. The summed E-state index contributed by atoms with van der Waals surface area (Å²) >= 11 is 42.6. The fourth-order valence-electron chi connectivity index (χ4n) is 13.4. The zero-order valence-corrected chi connectivity index (χ0v) is 54.8. The van der Waals surface area contributed by atoms with Gasteiger partial charge in [0.05, 0.1) is 47.9 Å². The number of benzene rings is 4. The molecule has 4 N–H and O–H groups in total. The van der Waals surface area contributed by atoms with Gasteiger partial charge in [-0.2, -0.15) is 0 Å². The Balaban J connectivity index is 0.000000114. The van der Waals surface area contributed by atoms with Crippen LogP contribution in [0, 0.1) is 17.8 Å². The molecule has 11 saturated heterocycles. The first kappa shape index (κ1) is 62.9. The molecule has 4 aromatic carbocycles. The number of nitrogens with one attached hydrogen (secondary N) is 2. The van der Waals surface area contributed by atoms with Gasteiger partial charge in [0.25, 0.3) is 0 Å². The van der Waals surface area contributed by atoms with E-state index in [-0.39, 0.29) is 41.6 Å². The number of amidine groups is 3. The molecule has 20 rings (SSSR count). The Bertz CT molecular complexity index is 3840. The van der Waals surface area contributed by atoms with Gasteiger partial charge in [0.2, 0.25) is 0 Å². The summed E-state index contributed by atoms with van der Waals surface area (Å²) in [4.78, 5) is 34.4. The van der Waals surface area contributed by atoms with Crippen molar-refractivity contribution in [3.05, 3.63) is 125 Å². The minimum atomic E-state index is -0.139. The van der Waals surface area contributed by atoms with Crippen LogP contribution in [0.2, 0.25) is 30.1 Å². The van der Waals surface area contributed by atoms with Gasteiger partial charge in [-0.25, -0.2) is 9.98 Å². The van der Waals surface area contributed by atoms with Crippen molar-refractivity contribution >= 4 is 199 Å². The lowest BCUT2D eigenvalue weighted by molar-refractivity contribution is -0.150. The third-order valence-electron chi connectivity index (χ3n) is 17.7. The van der Waals surface area contributed by atoms with Gasteiger partial charge in [0.1, 0.15) is 76.1 Å². The van der Waals surface area contributed by atoms with Gasteiger partial charge < -0.3 is 38.0 Å². The molecule has 0 amide bonds. The predicted octanol–water partition coefficient (Wildman–Crippen LogP) is 17.0. The molecule has 12 aliphatic heterocycles. The van der Waals surface area contributed by atoms with Crippen LogP contribution in [0.15, 0.2) is 127 Å². The average Bonchev–Trinajstić information content (AvgIpc) is 3.34. The van der Waals surface area contributed by atoms with Gasteiger partial charge in [-0.1, -0.05) is 90.7 Å². The zero-order chi connectivity index (χ0) is 57.2. The summed E-state index contributed by atoms with van der Waals surface area (Å²) in [5.74, 6) is 4.32. The lowest BCUT2D eigenvalue weighted by Gasteiger charge is -2.49. The third kappa shape index (κ3) is 13.1. The van der Waals surface area contributed by atoms with E-state index in [9.17, 15) is 0 Å². The van der Waals surface area contributed by atoms with Gasteiger partial charge in [0.15, 0.2) is 5.60 Å². The molecule has 452 valence electrons. The molecule has 8 aromatic rings. The molecule has 26 heteroatoms. The number of hydrogen-bond acceptors (Lipinski definition) is 14. The molecule has 3 atom stereocenters. The molecule has 0 aliphatic carbocycles. The van der Waals surface area contributed by atoms with Crippen LogP contribution in [0.5, 0.6) is 0 Å². The molecule has 0 saturated carbocycles. The molecule has 85 heavy (non-hydrogen) atoms. The number of fused-ring (bicyclic) bond motifs is 10. The highest BCUT2D eigenvalue weighted by Crippen LogP contribution is 2.46. The second-order valence-electron chi connectivity index (χ2n) is 22.8. The summed E-state index contributed by atoms with van der Waals surface area (Å²) in [6, 6.07) is 18.7. The zero-order valence-electron chi connectivity index (χ0n) is 45.5. The van der Waals surface area contributed by atoms with E-state index in [1.54, 1.807) is 30.7 Å². The molecule has 12 aliphatic rings. The van der Waals surface area contributed by atoms with Crippen molar-refractivity contribution in [1.29, 1.82) is 0 Å². The Morgan fingerprint density at radius 1 is 0.494 bits per heavy atom. The highest BCUT2D eigenvalue weighted by molar-refractivity contribution is 9.10. The number of piperidine rings is 9. The van der Waals surface area contributed by atoms with Gasteiger partial charge in [0, 0.05) is 81.0 Å². The van der Waals surface area contributed by atoms with Crippen LogP contribution in [0.25, 0.3) is 43.9 Å². The van der Waals surface area contributed by atoms with Crippen molar-refractivity contribution in [1.82, 2.24) is 25.7 Å². The number of rotatable bonds is 2. The van der Waals surface area contributed by atoms with E-state index in [1.807, 2.05) is 42.5 Å². The maximum atomic E-state index is 6.37. The Kier molecular flexibility index (Phi) is 19.3. The number of oxime groups is 1. The quantitative estimate of drug-likeness (QED) is 0.149. The van der Waals surface area contributed by atoms with Crippen LogP contribution < -0.4 is 16.7 Å². The number of nitrogens with zero attached hydrogens (tertiary/aromatic N) is 6. The topological polar surface area (TPSA) is 177 Å². The second kappa shape index (κ2) is 26.0. The lowest BCUT2D eigenvalue weighted by atomic mass is 9.74. The summed E-state index contributed by atoms with van der Waals surface area (Å²) < 4.78 is 23.0. The van der Waals surface area contributed by atoms with Crippen molar-refractivity contribution in [2.45, 2.75) is 74.6 Å². The minimum absolute atomic E-state index is 0. The van der Waals surface area contributed by atoms with E-state index >= 15 is 0 Å². The van der Waals surface area contributed by atoms with Crippen LogP contribution >= 0.6 is 126 Å². The van der Waals surface area contributed by atoms with Crippen LogP contribution in [-0.2, 0) is 14.5 Å². The fraction of sp³-hybridized carbons (Fsp3) is 0.407. The average molecular weight is 1450 g/mol. The van der Waals surface area contributed by atoms with Crippen LogP contribution in [0.4, 0.5) is 11.4 Å². The van der Waals surface area contributed by atoms with E-state index in [0.29, 0.717) is 65.0 Å². The van der Waals surface area contributed by atoms with Crippen molar-refractivity contribution in [2.24, 2.45) is 38.6 Å². The Hall–Kier alpha value is -3.67. The molecular weight excluding hydrogens is 1390 g/mol. The van der Waals surface area contributed by atoms with Gasteiger partial charge in [-0.05, 0) is 154 Å². The summed E-state index contributed by atoms with van der Waals surface area (Å²) in [5, 5.41) is 11.0. The SMILES string of the molecule is Cl.Cl.Clc1cc2c(Cl)coc2cc1Br.Clc1cc2c(Cl)coc2cc1N=C1C[C@@]2(CN3CCC2CC3)ON1.Clc1coc2cc(Br)ccc12.Clc1coc2cc(N=C3C[C@@]4(CN5CCC4CC5)ON3)ccc12.NC1=NO[C@@]2(C1)CN1CCC2CC1. The lowest BCUT2D eigenvalue weighted by Crippen LogP contribution is -2.59. The molecule has 4 aromatic heterocycles. The van der Waals surface area contributed by atoms with Crippen molar-refractivity contribution in [3.63, 3.8) is 0 Å². The third-order valence-corrected chi connectivity index (χ3v) is 20.8. The predicted molar refractivity (Wildman–Crippen MR) is 350 cm³/mol. The van der Waals surface area contributed by atoms with Crippen molar-refractivity contribution < 1.29 is 32.2 Å². The largest absolute Gasteiger partial charge is 0.463 e. The van der Waals surface area contributed by atoms with E-state index in [2.05, 4.69) is 67.7 Å². The Morgan fingerprint density at radius 2 is 0.929 bits per heavy atom. The number of nitrogens with two attached hydrogens (primary N) is 1. The van der Waals surface area contributed by atoms with Crippen LogP contribution in [-0.4, -0.2) is 108 Å². The molecule has 6 bridgehead atoms. The normalized spacial score (nSPS) is 29.1. The first-order valence-corrected chi connectivity index (χ1v) is 31.5. The van der Waals surface area contributed by atoms with Crippen molar-refractivity contribution in [3.8, 4) is 0 Å². The first-order valence-electron chi connectivity index (χ1n) is 27.7. The maximum absolute atomic E-state index is 6.37. The molecule has 16 heterocycles. The van der Waals surface area contributed by atoms with Gasteiger partial charge in [-0.15, -0.1) is 24.8 Å². The van der Waals surface area contributed by atoms with Crippen LogP contribution in [0.1, 0.15) is 57.8 Å². The highest BCUT2D eigenvalue weighted by Gasteiger charge is 2.54. The van der Waals surface area contributed by atoms with Crippen molar-refractivity contribution in [2.75, 3.05) is 58.9 Å². The number of hydroxylamine groups is 2. The molecule has 0 radical (unpaired) electrons. The van der Waals surface area contributed by atoms with E-state index in [1.165, 1.54) is 90.3 Å². The van der Waals surface area contributed by atoms with Gasteiger partial charge >= 0.3 is 0 Å². The Morgan fingerprint density at radius 3 is 1.41 bits per heavy atom. The molecule has 16 nitrogen and oxygen atoms in total. The van der Waals surface area contributed by atoms with E-state index < -0.39 is 0 Å². The summed E-state index contributed by atoms with van der Waals surface area (Å²) in [5.41, 5.74) is 16.0. The van der Waals surface area contributed by atoms with Gasteiger partial charge in [-0.3, -0.25) is 25.5 Å². The molecule has 3 spiro atoms. The van der Waals surface area contributed by atoms with Crippen LogP contribution in [0.3, 0.4) is 0 Å². The van der Waals surface area contributed by atoms with E-state index in [4.69, 9.17) is 113 Å². The smallest absolute Gasteiger partial charge is 0.160 e. The second-order valence-corrected chi connectivity index (χ2v) is 27.0. The Labute approximate surface area is 549 Å². The molecular formula is C59H59Br2Cl8N9O7. The summed E-state index contributed by atoms with van der Waals surface area (Å²) in [6.45, 7) is 10.3. The number of aliphatic imine (C=N–C) groups is 2. The number of halogens is 10. The minimum Gasteiger partial charge on any atom is -0.463 e. The maximum Gasteiger partial charge on any atom is 0.160 e. The number of hydrogen-bond donors (Lipinski definition) is 3.